The maximum atomic E-state index is 14.0. The highest BCUT2D eigenvalue weighted by Gasteiger charge is 2.56. The normalized spacial score (nSPS) is 23.3. The minimum Gasteiger partial charge on any atom is -0.353 e. The van der Waals surface area contributed by atoms with E-state index in [1.807, 2.05) is 12.1 Å². The summed E-state index contributed by atoms with van der Waals surface area (Å²) in [6.45, 7) is 0.469. The van der Waals surface area contributed by atoms with E-state index in [0.29, 0.717) is 13.1 Å². The molecule has 2 aromatic rings. The summed E-state index contributed by atoms with van der Waals surface area (Å²) in [5, 5.41) is 9.57. The van der Waals surface area contributed by atoms with Crippen LogP contribution in [0.4, 0.5) is 14.6 Å². The molecule has 1 unspecified atom stereocenters. The molecule has 194 valence electrons. The lowest BCUT2D eigenvalue weighted by Crippen LogP contribution is -2.59. The number of anilines is 1. The van der Waals surface area contributed by atoms with E-state index in [-0.39, 0.29) is 32.4 Å². The first kappa shape index (κ1) is 24.8. The van der Waals surface area contributed by atoms with Crippen molar-refractivity contribution in [3.05, 3.63) is 18.6 Å². The third-order valence-electron chi connectivity index (χ3n) is 7.25. The maximum absolute atomic E-state index is 14.0. The van der Waals surface area contributed by atoms with Crippen molar-refractivity contribution in [2.45, 2.75) is 56.0 Å². The molecule has 0 radical (unpaired) electrons. The average molecular weight is 523 g/mol. The number of nitrogens with one attached hydrogen (secondary N) is 2. The molecule has 36 heavy (non-hydrogen) atoms. The first-order chi connectivity index (χ1) is 17.1. The van der Waals surface area contributed by atoms with Gasteiger partial charge in [0.2, 0.25) is 5.91 Å². The number of hydrogen-bond acceptors (Lipinski definition) is 7. The van der Waals surface area contributed by atoms with Crippen molar-refractivity contribution >= 4 is 33.0 Å². The molecule has 1 aliphatic carbocycles. The average Bonchev–Trinajstić information content (AvgIpc) is 3.26. The molecule has 5 rings (SSSR count). The highest BCUT2D eigenvalue weighted by Crippen LogP contribution is 2.46. The number of nitriles is 1. The van der Waals surface area contributed by atoms with E-state index in [1.165, 1.54) is 10.6 Å². The number of carbonyl (C=O) groups excluding carboxylic acids is 1. The fourth-order valence-electron chi connectivity index (χ4n) is 5.37. The first-order valence-electron chi connectivity index (χ1n) is 12.0. The van der Waals surface area contributed by atoms with Crippen LogP contribution in [-0.4, -0.2) is 88.7 Å². The second kappa shape index (κ2) is 9.20. The van der Waals surface area contributed by atoms with Crippen molar-refractivity contribution in [1.82, 2.24) is 28.9 Å². The van der Waals surface area contributed by atoms with Crippen molar-refractivity contribution in [3.8, 4) is 6.07 Å². The molecule has 14 heteroatoms. The van der Waals surface area contributed by atoms with Gasteiger partial charge in [-0.1, -0.05) is 0 Å². The van der Waals surface area contributed by atoms with Gasteiger partial charge < -0.3 is 14.8 Å². The van der Waals surface area contributed by atoms with Gasteiger partial charge in [0.1, 0.15) is 17.8 Å². The lowest BCUT2D eigenvalue weighted by Gasteiger charge is -2.41. The van der Waals surface area contributed by atoms with Crippen LogP contribution in [0.25, 0.3) is 11.0 Å². The van der Waals surface area contributed by atoms with Gasteiger partial charge in [0.15, 0.2) is 0 Å². The Morgan fingerprint density at radius 3 is 2.83 bits per heavy atom. The number of aromatic nitrogens is 3. The number of aromatic amines is 1. The Hall–Kier alpha value is -2.89. The second-order valence-corrected chi connectivity index (χ2v) is 11.4. The molecular weight excluding hydrogens is 494 g/mol. The Labute approximate surface area is 207 Å². The Bertz CT molecular complexity index is 1290. The van der Waals surface area contributed by atoms with Gasteiger partial charge in [0, 0.05) is 57.7 Å². The van der Waals surface area contributed by atoms with Gasteiger partial charge in [-0.05, 0) is 25.3 Å². The Morgan fingerprint density at radius 2 is 2.08 bits per heavy atom. The van der Waals surface area contributed by atoms with Crippen molar-refractivity contribution in [3.63, 3.8) is 0 Å². The number of carbonyl (C=O) groups is 1. The van der Waals surface area contributed by atoms with Crippen LogP contribution >= 0.6 is 0 Å². The molecule has 0 aromatic carbocycles. The predicted octanol–water partition coefficient (Wildman–Crippen LogP) is 1.38. The lowest BCUT2D eigenvalue weighted by atomic mass is 10.1. The van der Waals surface area contributed by atoms with Gasteiger partial charge in [-0.3, -0.25) is 4.79 Å². The monoisotopic (exact) mass is 522 g/mol. The number of alkyl halides is 2. The third kappa shape index (κ3) is 4.74. The van der Waals surface area contributed by atoms with Crippen molar-refractivity contribution in [2.75, 3.05) is 37.6 Å². The predicted molar refractivity (Wildman–Crippen MR) is 126 cm³/mol. The summed E-state index contributed by atoms with van der Waals surface area (Å²) in [6.07, 6.45) is 4.12. The summed E-state index contributed by atoms with van der Waals surface area (Å²) in [7, 11) is -3.85. The van der Waals surface area contributed by atoms with Crippen molar-refractivity contribution < 1.29 is 22.0 Å². The molecule has 1 saturated carbocycles. The number of hydrogen-bond donors (Lipinski definition) is 2. The molecule has 1 spiro atoms. The van der Waals surface area contributed by atoms with Gasteiger partial charge >= 0.3 is 0 Å². The Kier molecular flexibility index (Phi) is 6.34. The number of likely N-dealkylation sites (tertiary alicyclic amines) is 1. The molecule has 2 N–H and O–H groups in total. The summed E-state index contributed by atoms with van der Waals surface area (Å²) in [6, 6.07) is 2.97. The first-order valence-corrected chi connectivity index (χ1v) is 13.4. The van der Waals surface area contributed by atoms with Gasteiger partial charge in [0.05, 0.1) is 23.5 Å². The van der Waals surface area contributed by atoms with E-state index < -0.39 is 46.6 Å². The number of halogens is 2. The van der Waals surface area contributed by atoms with E-state index in [1.54, 1.807) is 6.20 Å². The van der Waals surface area contributed by atoms with Crippen LogP contribution in [0.2, 0.25) is 0 Å². The molecule has 2 saturated heterocycles. The number of fused-ring (bicyclic) bond motifs is 1. The van der Waals surface area contributed by atoms with Gasteiger partial charge in [0.25, 0.3) is 16.1 Å². The zero-order chi connectivity index (χ0) is 25.6. The number of nitrogens with zero attached hydrogens (tertiary/aromatic N) is 6. The SMILES string of the molecule is N#CCCC(=O)N1CC(F)(F)CC1CCNS(=O)(=O)N1CCN(c2ncnc3[nH]ccc23)CC12CC2. The molecule has 3 aliphatic rings. The Balaban J connectivity index is 1.21. The van der Waals surface area contributed by atoms with E-state index >= 15 is 0 Å². The van der Waals surface area contributed by atoms with E-state index in [0.717, 1.165) is 34.6 Å². The maximum Gasteiger partial charge on any atom is 0.280 e. The van der Waals surface area contributed by atoms with Crippen LogP contribution in [0.3, 0.4) is 0 Å². The smallest absolute Gasteiger partial charge is 0.280 e. The standard InChI is InChI=1S/C22H28F2N8O3S/c23-22(24)12-16(31(14-22)18(33)2-1-7-25)3-9-29-36(34,35)32-11-10-30(13-21(32)5-6-21)20-17-4-8-26-19(17)27-15-28-20/h4,8,15-16,29H,1-3,5-6,9-14H2,(H,26,27,28). The zero-order valence-corrected chi connectivity index (χ0v) is 20.5. The minimum atomic E-state index is -3.85. The zero-order valence-electron chi connectivity index (χ0n) is 19.7. The molecule has 0 bridgehead atoms. The molecular formula is C22H28F2N8O3S. The number of rotatable bonds is 8. The van der Waals surface area contributed by atoms with E-state index in [9.17, 15) is 22.0 Å². The van der Waals surface area contributed by atoms with Gasteiger partial charge in [-0.15, -0.1) is 0 Å². The number of H-pyrrole nitrogens is 1. The quantitative estimate of drug-likeness (QED) is 0.534. The molecule has 1 amide bonds. The van der Waals surface area contributed by atoms with E-state index in [2.05, 4.69) is 24.6 Å². The fraction of sp³-hybridized carbons (Fsp3) is 0.636. The van der Waals surface area contributed by atoms with Crippen molar-refractivity contribution in [1.29, 1.82) is 5.26 Å². The van der Waals surface area contributed by atoms with Crippen molar-refractivity contribution in [2.24, 2.45) is 0 Å². The van der Waals surface area contributed by atoms with Crippen LogP contribution in [0.1, 0.15) is 38.5 Å². The molecule has 2 aliphatic heterocycles. The van der Waals surface area contributed by atoms with Crippen LogP contribution in [0.5, 0.6) is 0 Å². The number of piperazine rings is 1. The minimum absolute atomic E-state index is 0.0427. The molecule has 11 nitrogen and oxygen atoms in total. The Morgan fingerprint density at radius 1 is 1.28 bits per heavy atom. The topological polar surface area (TPSA) is 138 Å². The summed E-state index contributed by atoms with van der Waals surface area (Å²) < 4.78 is 58.5. The molecule has 4 heterocycles. The molecule has 1 atom stereocenters. The number of amides is 1. The summed E-state index contributed by atoms with van der Waals surface area (Å²) in [4.78, 5) is 27.2. The van der Waals surface area contributed by atoms with Gasteiger partial charge in [-0.25, -0.2) is 23.5 Å². The highest BCUT2D eigenvalue weighted by atomic mass is 32.2. The van der Waals surface area contributed by atoms with Crippen LogP contribution in [0, 0.1) is 11.3 Å². The summed E-state index contributed by atoms with van der Waals surface area (Å²) in [5.41, 5.74) is 0.191. The third-order valence-corrected chi connectivity index (χ3v) is 8.97. The van der Waals surface area contributed by atoms with Crippen LogP contribution in [0.15, 0.2) is 18.6 Å². The fourth-order valence-corrected chi connectivity index (χ4v) is 6.97. The highest BCUT2D eigenvalue weighted by molar-refractivity contribution is 7.87. The van der Waals surface area contributed by atoms with Gasteiger partial charge in [-0.2, -0.15) is 18.0 Å². The van der Waals surface area contributed by atoms with Crippen LogP contribution < -0.4 is 9.62 Å². The van der Waals surface area contributed by atoms with E-state index in [4.69, 9.17) is 5.26 Å². The summed E-state index contributed by atoms with van der Waals surface area (Å²) >= 11 is 0. The summed E-state index contributed by atoms with van der Waals surface area (Å²) in [5.74, 6) is -2.76. The molecule has 3 fully saturated rings. The largest absolute Gasteiger partial charge is 0.353 e. The second-order valence-electron chi connectivity index (χ2n) is 9.74. The lowest BCUT2D eigenvalue weighted by molar-refractivity contribution is -0.133. The van der Waals surface area contributed by atoms with Crippen LogP contribution in [-0.2, 0) is 15.0 Å². The molecule has 2 aromatic heterocycles.